The summed E-state index contributed by atoms with van der Waals surface area (Å²) in [5.74, 6) is -0.401. The highest BCUT2D eigenvalue weighted by Gasteiger charge is 2.19. The quantitative estimate of drug-likeness (QED) is 0.891. The van der Waals surface area contributed by atoms with Crippen molar-refractivity contribution in [3.63, 3.8) is 0 Å². The van der Waals surface area contributed by atoms with Gasteiger partial charge in [-0.25, -0.2) is 4.39 Å². The fraction of sp³-hybridized carbons (Fsp3) is 0.412. The van der Waals surface area contributed by atoms with Gasteiger partial charge in [-0.1, -0.05) is 19.1 Å². The van der Waals surface area contributed by atoms with Crippen molar-refractivity contribution >= 4 is 5.91 Å². The molecule has 0 aliphatic rings. The molecule has 0 aliphatic carbocycles. The van der Waals surface area contributed by atoms with Gasteiger partial charge in [0.1, 0.15) is 6.10 Å². The zero-order valence-electron chi connectivity index (χ0n) is 13.9. The fourth-order valence-corrected chi connectivity index (χ4v) is 2.39. The van der Waals surface area contributed by atoms with Gasteiger partial charge in [-0.05, 0) is 32.4 Å². The second-order valence-electron chi connectivity index (χ2n) is 5.46. The van der Waals surface area contributed by atoms with Crippen LogP contribution in [-0.2, 0) is 7.05 Å². The fourth-order valence-electron chi connectivity index (χ4n) is 2.39. The molecule has 0 saturated carbocycles. The Bertz CT molecular complexity index is 697. The highest BCUT2D eigenvalue weighted by molar-refractivity contribution is 5.96. The van der Waals surface area contributed by atoms with Gasteiger partial charge < -0.3 is 10.1 Å². The molecular formula is C17H22FN3O2. The number of hydrogen-bond acceptors (Lipinski definition) is 3. The Hall–Kier alpha value is -2.37. The average molecular weight is 319 g/mol. The number of aryl methyl sites for hydroxylation is 2. The number of nitrogens with zero attached hydrogens (tertiary/aromatic N) is 2. The maximum absolute atomic E-state index is 13.6. The summed E-state index contributed by atoms with van der Waals surface area (Å²) < 4.78 is 20.9. The average Bonchev–Trinajstić information content (AvgIpc) is 2.78. The number of benzene rings is 1. The monoisotopic (exact) mass is 319 g/mol. The van der Waals surface area contributed by atoms with E-state index in [-0.39, 0.29) is 17.8 Å². The molecule has 1 aromatic carbocycles. The molecule has 2 rings (SSSR count). The molecule has 0 saturated heterocycles. The zero-order chi connectivity index (χ0) is 17.0. The van der Waals surface area contributed by atoms with Gasteiger partial charge in [-0.3, -0.25) is 9.48 Å². The third-order valence-electron chi connectivity index (χ3n) is 3.81. The molecule has 23 heavy (non-hydrogen) atoms. The Kier molecular flexibility index (Phi) is 5.36. The van der Waals surface area contributed by atoms with Crippen molar-refractivity contribution in [1.82, 2.24) is 15.1 Å². The number of rotatable bonds is 6. The van der Waals surface area contributed by atoms with Crippen molar-refractivity contribution in [2.24, 2.45) is 7.05 Å². The van der Waals surface area contributed by atoms with Crippen LogP contribution >= 0.6 is 0 Å². The van der Waals surface area contributed by atoms with Crippen molar-refractivity contribution in [3.8, 4) is 5.75 Å². The van der Waals surface area contributed by atoms with Gasteiger partial charge in [0, 0.05) is 12.7 Å². The van der Waals surface area contributed by atoms with Crippen LogP contribution in [0.25, 0.3) is 0 Å². The third kappa shape index (κ3) is 3.88. The molecule has 1 atom stereocenters. The number of para-hydroxylation sites is 1. The number of halogens is 1. The topological polar surface area (TPSA) is 56.2 Å². The van der Waals surface area contributed by atoms with E-state index in [4.69, 9.17) is 4.74 Å². The maximum atomic E-state index is 13.6. The lowest BCUT2D eigenvalue weighted by atomic mass is 10.1. The van der Waals surface area contributed by atoms with Crippen molar-refractivity contribution in [3.05, 3.63) is 47.0 Å². The van der Waals surface area contributed by atoms with Crippen molar-refractivity contribution < 1.29 is 13.9 Å². The van der Waals surface area contributed by atoms with Gasteiger partial charge in [0.2, 0.25) is 0 Å². The van der Waals surface area contributed by atoms with Crippen molar-refractivity contribution in [2.45, 2.75) is 33.3 Å². The lowest BCUT2D eigenvalue weighted by Gasteiger charge is -2.18. The second-order valence-corrected chi connectivity index (χ2v) is 5.46. The van der Waals surface area contributed by atoms with Crippen LogP contribution in [0.3, 0.4) is 0 Å². The summed E-state index contributed by atoms with van der Waals surface area (Å²) >= 11 is 0. The summed E-state index contributed by atoms with van der Waals surface area (Å²) in [5, 5.41) is 7.08. The second kappa shape index (κ2) is 7.26. The Morgan fingerprint density at radius 1 is 1.39 bits per heavy atom. The minimum atomic E-state index is -0.406. The molecule has 6 heteroatoms. The Labute approximate surface area is 135 Å². The van der Waals surface area contributed by atoms with Crippen LogP contribution in [-0.4, -0.2) is 28.3 Å². The number of carbonyl (C=O) groups is 1. The van der Waals surface area contributed by atoms with E-state index < -0.39 is 5.82 Å². The molecule has 0 spiro atoms. The van der Waals surface area contributed by atoms with Gasteiger partial charge in [-0.15, -0.1) is 0 Å². The number of hydrogen-bond donors (Lipinski definition) is 1. The van der Waals surface area contributed by atoms with E-state index in [0.717, 1.165) is 5.69 Å². The smallest absolute Gasteiger partial charge is 0.255 e. The van der Waals surface area contributed by atoms with Crippen molar-refractivity contribution in [1.29, 1.82) is 0 Å². The first-order chi connectivity index (χ1) is 10.9. The molecule has 1 heterocycles. The number of carbonyl (C=O) groups excluding carboxylic acids is 1. The highest BCUT2D eigenvalue weighted by atomic mass is 19.1. The van der Waals surface area contributed by atoms with E-state index in [2.05, 4.69) is 10.4 Å². The Balaban J connectivity index is 2.00. The highest BCUT2D eigenvalue weighted by Crippen LogP contribution is 2.18. The largest absolute Gasteiger partial charge is 0.486 e. The third-order valence-corrected chi connectivity index (χ3v) is 3.81. The van der Waals surface area contributed by atoms with Gasteiger partial charge in [0.05, 0.1) is 17.8 Å². The van der Waals surface area contributed by atoms with E-state index in [1.165, 1.54) is 6.07 Å². The van der Waals surface area contributed by atoms with Crippen LogP contribution in [0.15, 0.2) is 24.3 Å². The molecule has 2 aromatic rings. The number of ether oxygens (including phenoxy) is 1. The SMILES string of the molecule is CC[C@@H](CNC(=O)c1c(C)nn(C)c1C)Oc1ccccc1F. The lowest BCUT2D eigenvalue weighted by Crippen LogP contribution is -2.35. The van der Waals surface area contributed by atoms with Gasteiger partial charge in [0.25, 0.3) is 5.91 Å². The Morgan fingerprint density at radius 2 is 2.09 bits per heavy atom. The van der Waals surface area contributed by atoms with E-state index in [9.17, 15) is 9.18 Å². The predicted octanol–water partition coefficient (Wildman–Crippen LogP) is 2.76. The molecule has 0 unspecified atom stereocenters. The first kappa shape index (κ1) is 17.0. The Morgan fingerprint density at radius 3 is 2.65 bits per heavy atom. The van der Waals surface area contributed by atoms with E-state index in [0.29, 0.717) is 24.2 Å². The van der Waals surface area contributed by atoms with E-state index in [1.807, 2.05) is 13.8 Å². The van der Waals surface area contributed by atoms with E-state index in [1.54, 1.807) is 36.9 Å². The van der Waals surface area contributed by atoms with Crippen molar-refractivity contribution in [2.75, 3.05) is 6.54 Å². The molecule has 124 valence electrons. The van der Waals surface area contributed by atoms with Gasteiger partial charge in [-0.2, -0.15) is 5.10 Å². The predicted molar refractivity (Wildman–Crippen MR) is 86.1 cm³/mol. The maximum Gasteiger partial charge on any atom is 0.255 e. The molecule has 5 nitrogen and oxygen atoms in total. The van der Waals surface area contributed by atoms with Crippen LogP contribution < -0.4 is 10.1 Å². The summed E-state index contributed by atoms with van der Waals surface area (Å²) in [7, 11) is 1.80. The first-order valence-electron chi connectivity index (χ1n) is 7.63. The van der Waals surface area contributed by atoms with Gasteiger partial charge >= 0.3 is 0 Å². The summed E-state index contributed by atoms with van der Waals surface area (Å²) in [6.07, 6.45) is 0.354. The minimum Gasteiger partial charge on any atom is -0.486 e. The molecule has 0 aliphatic heterocycles. The standard InChI is InChI=1S/C17H22FN3O2/c1-5-13(23-15-9-7-6-8-14(15)18)10-19-17(22)16-11(2)20-21(4)12(16)3/h6-9,13H,5,10H2,1-4H3,(H,19,22)/t13-/m0/s1. The molecule has 0 radical (unpaired) electrons. The van der Waals surface area contributed by atoms with Crippen LogP contribution in [0.1, 0.15) is 35.1 Å². The van der Waals surface area contributed by atoms with Crippen LogP contribution in [0, 0.1) is 19.7 Å². The normalized spacial score (nSPS) is 12.0. The molecule has 1 N–H and O–H groups in total. The minimum absolute atomic E-state index is 0.191. The molecule has 1 amide bonds. The first-order valence-corrected chi connectivity index (χ1v) is 7.63. The molecule has 0 bridgehead atoms. The van der Waals surface area contributed by atoms with Crippen LogP contribution in [0.2, 0.25) is 0 Å². The number of amides is 1. The van der Waals surface area contributed by atoms with Crippen LogP contribution in [0.4, 0.5) is 4.39 Å². The van der Waals surface area contributed by atoms with Crippen LogP contribution in [0.5, 0.6) is 5.75 Å². The summed E-state index contributed by atoms with van der Waals surface area (Å²) in [6, 6.07) is 6.25. The number of nitrogens with one attached hydrogen (secondary N) is 1. The molecule has 0 fully saturated rings. The summed E-state index contributed by atoms with van der Waals surface area (Å²) in [4.78, 5) is 12.3. The number of aromatic nitrogens is 2. The van der Waals surface area contributed by atoms with E-state index >= 15 is 0 Å². The lowest BCUT2D eigenvalue weighted by molar-refractivity contribution is 0.0923. The molecule has 1 aromatic heterocycles. The summed E-state index contributed by atoms with van der Waals surface area (Å²) in [5.41, 5.74) is 2.07. The molecular weight excluding hydrogens is 297 g/mol. The zero-order valence-corrected chi connectivity index (χ0v) is 13.9. The van der Waals surface area contributed by atoms with Gasteiger partial charge in [0.15, 0.2) is 11.6 Å². The summed E-state index contributed by atoms with van der Waals surface area (Å²) in [6.45, 7) is 5.88.